The van der Waals surface area contributed by atoms with E-state index in [9.17, 15) is 13.6 Å². The first-order valence-corrected chi connectivity index (χ1v) is 7.38. The van der Waals surface area contributed by atoms with Crippen LogP contribution in [0.25, 0.3) is 0 Å². The van der Waals surface area contributed by atoms with Crippen molar-refractivity contribution in [2.24, 2.45) is 5.92 Å². The SMILES string of the molecule is O=Cc1cc(OCC2CC2(F)F)c(I)c(C2CC2)c1. The molecule has 5 heteroatoms. The van der Waals surface area contributed by atoms with Crippen molar-refractivity contribution >= 4 is 28.9 Å². The van der Waals surface area contributed by atoms with Gasteiger partial charge in [0.15, 0.2) is 0 Å². The highest BCUT2D eigenvalue weighted by Crippen LogP contribution is 2.49. The molecule has 0 saturated heterocycles. The van der Waals surface area contributed by atoms with Gasteiger partial charge in [0.2, 0.25) is 0 Å². The van der Waals surface area contributed by atoms with E-state index in [1.165, 1.54) is 0 Å². The third-order valence-electron chi connectivity index (χ3n) is 3.64. The summed E-state index contributed by atoms with van der Waals surface area (Å²) in [5, 5.41) is 0. The van der Waals surface area contributed by atoms with Crippen molar-refractivity contribution < 1.29 is 18.3 Å². The van der Waals surface area contributed by atoms with Crippen LogP contribution in [-0.2, 0) is 0 Å². The van der Waals surface area contributed by atoms with Crippen LogP contribution >= 0.6 is 22.6 Å². The number of hydrogen-bond donors (Lipinski definition) is 0. The van der Waals surface area contributed by atoms with E-state index in [0.29, 0.717) is 17.2 Å². The standard InChI is InChI=1S/C14H13F2IO2/c15-14(16)5-10(14)7-19-12-4-8(6-18)3-11(13(12)17)9-1-2-9/h3-4,6,9-10H,1-2,5,7H2. The van der Waals surface area contributed by atoms with Crippen LogP contribution in [0.2, 0.25) is 0 Å². The summed E-state index contributed by atoms with van der Waals surface area (Å²) >= 11 is 2.18. The van der Waals surface area contributed by atoms with E-state index in [2.05, 4.69) is 22.6 Å². The molecular formula is C14H13F2IO2. The molecule has 3 rings (SSSR count). The van der Waals surface area contributed by atoms with Gasteiger partial charge in [0.1, 0.15) is 12.0 Å². The monoisotopic (exact) mass is 378 g/mol. The second-order valence-electron chi connectivity index (χ2n) is 5.29. The molecule has 1 aromatic carbocycles. The molecule has 0 N–H and O–H groups in total. The lowest BCUT2D eigenvalue weighted by molar-refractivity contribution is 0.0854. The summed E-state index contributed by atoms with van der Waals surface area (Å²) in [4.78, 5) is 10.9. The first-order chi connectivity index (χ1) is 9.01. The Balaban J connectivity index is 1.79. The zero-order valence-corrected chi connectivity index (χ0v) is 12.3. The number of carbonyl (C=O) groups excluding carboxylic acids is 1. The molecule has 2 aliphatic carbocycles. The molecule has 0 radical (unpaired) electrons. The van der Waals surface area contributed by atoms with Crippen molar-refractivity contribution in [1.29, 1.82) is 0 Å². The Bertz CT molecular complexity index is 526. The molecule has 0 amide bonds. The van der Waals surface area contributed by atoms with Crippen molar-refractivity contribution in [2.75, 3.05) is 6.61 Å². The Kier molecular flexibility index (Phi) is 3.27. The lowest BCUT2D eigenvalue weighted by Crippen LogP contribution is -2.07. The van der Waals surface area contributed by atoms with Crippen LogP contribution in [0.15, 0.2) is 12.1 Å². The van der Waals surface area contributed by atoms with Crippen molar-refractivity contribution in [3.63, 3.8) is 0 Å². The molecule has 0 heterocycles. The summed E-state index contributed by atoms with van der Waals surface area (Å²) in [7, 11) is 0. The average Bonchev–Trinajstić information content (AvgIpc) is 3.26. The van der Waals surface area contributed by atoms with Crippen LogP contribution in [-0.4, -0.2) is 18.8 Å². The van der Waals surface area contributed by atoms with E-state index >= 15 is 0 Å². The number of aldehydes is 1. The Morgan fingerprint density at radius 1 is 1.42 bits per heavy atom. The van der Waals surface area contributed by atoms with Crippen molar-refractivity contribution in [2.45, 2.75) is 31.1 Å². The molecule has 0 spiro atoms. The van der Waals surface area contributed by atoms with Crippen LogP contribution in [0.1, 0.15) is 41.1 Å². The Hall–Kier alpha value is -0.720. The highest BCUT2D eigenvalue weighted by atomic mass is 127. The van der Waals surface area contributed by atoms with Crippen molar-refractivity contribution in [3.05, 3.63) is 26.8 Å². The summed E-state index contributed by atoms with van der Waals surface area (Å²) < 4.78 is 32.1. The first-order valence-electron chi connectivity index (χ1n) is 6.30. The molecule has 0 aromatic heterocycles. The minimum absolute atomic E-state index is 0.0232. The second-order valence-corrected chi connectivity index (χ2v) is 6.37. The van der Waals surface area contributed by atoms with Gasteiger partial charge in [-0.2, -0.15) is 0 Å². The lowest BCUT2D eigenvalue weighted by Gasteiger charge is -2.12. The van der Waals surface area contributed by atoms with Gasteiger partial charge in [-0.1, -0.05) is 0 Å². The largest absolute Gasteiger partial charge is 0.492 e. The molecule has 1 atom stereocenters. The predicted octanol–water partition coefficient (Wildman–Crippen LogP) is 4.02. The number of carbonyl (C=O) groups is 1. The fraction of sp³-hybridized carbons (Fsp3) is 0.500. The topological polar surface area (TPSA) is 26.3 Å². The summed E-state index contributed by atoms with van der Waals surface area (Å²) in [6.07, 6.45) is 2.93. The van der Waals surface area contributed by atoms with Gasteiger partial charge >= 0.3 is 0 Å². The molecular weight excluding hydrogens is 365 g/mol. The van der Waals surface area contributed by atoms with Gasteiger partial charge in [0, 0.05) is 12.0 Å². The van der Waals surface area contributed by atoms with Gasteiger partial charge in [0.25, 0.3) is 5.92 Å². The molecule has 1 unspecified atom stereocenters. The average molecular weight is 378 g/mol. The third-order valence-corrected chi connectivity index (χ3v) is 4.79. The smallest absolute Gasteiger partial charge is 0.255 e. The number of benzene rings is 1. The fourth-order valence-electron chi connectivity index (χ4n) is 2.15. The second kappa shape index (κ2) is 4.68. The van der Waals surface area contributed by atoms with Crippen LogP contribution < -0.4 is 4.74 Å². The van der Waals surface area contributed by atoms with Gasteiger partial charge in [-0.25, -0.2) is 8.78 Å². The predicted molar refractivity (Wildman–Crippen MR) is 75.1 cm³/mol. The van der Waals surface area contributed by atoms with E-state index in [4.69, 9.17) is 4.74 Å². The minimum Gasteiger partial charge on any atom is -0.492 e. The van der Waals surface area contributed by atoms with Gasteiger partial charge in [0.05, 0.1) is 16.1 Å². The number of halogens is 3. The van der Waals surface area contributed by atoms with Crippen LogP contribution in [0, 0.1) is 9.49 Å². The van der Waals surface area contributed by atoms with E-state index in [1.807, 2.05) is 6.07 Å². The van der Waals surface area contributed by atoms with Gasteiger partial charge in [-0.3, -0.25) is 4.79 Å². The Morgan fingerprint density at radius 2 is 2.11 bits per heavy atom. The normalized spacial score (nSPS) is 24.1. The Labute approximate surface area is 123 Å². The third kappa shape index (κ3) is 2.75. The molecule has 2 nitrogen and oxygen atoms in total. The van der Waals surface area contributed by atoms with Gasteiger partial charge in [-0.05, 0) is 59.0 Å². The molecule has 2 fully saturated rings. The molecule has 2 saturated carbocycles. The molecule has 19 heavy (non-hydrogen) atoms. The molecule has 0 bridgehead atoms. The zero-order chi connectivity index (χ0) is 13.6. The molecule has 102 valence electrons. The summed E-state index contributed by atoms with van der Waals surface area (Å²) in [5.74, 6) is -2.17. The van der Waals surface area contributed by atoms with Crippen LogP contribution in [0.3, 0.4) is 0 Å². The number of ether oxygens (including phenoxy) is 1. The van der Waals surface area contributed by atoms with Gasteiger partial charge < -0.3 is 4.74 Å². The first kappa shape index (κ1) is 13.3. The van der Waals surface area contributed by atoms with Crippen LogP contribution in [0.4, 0.5) is 8.78 Å². The maximum absolute atomic E-state index is 12.8. The van der Waals surface area contributed by atoms with E-state index in [-0.39, 0.29) is 13.0 Å². The molecule has 2 aliphatic rings. The summed E-state index contributed by atoms with van der Waals surface area (Å²) in [6, 6.07) is 3.52. The lowest BCUT2D eigenvalue weighted by atomic mass is 10.1. The van der Waals surface area contributed by atoms with E-state index in [0.717, 1.165) is 28.3 Å². The molecule has 0 aliphatic heterocycles. The van der Waals surface area contributed by atoms with Crippen molar-refractivity contribution in [3.8, 4) is 5.75 Å². The number of rotatable bonds is 5. The van der Waals surface area contributed by atoms with Gasteiger partial charge in [-0.15, -0.1) is 0 Å². The Morgan fingerprint density at radius 3 is 2.63 bits per heavy atom. The quantitative estimate of drug-likeness (QED) is 0.572. The van der Waals surface area contributed by atoms with E-state index in [1.54, 1.807) is 6.07 Å². The summed E-state index contributed by atoms with van der Waals surface area (Å²) in [5.41, 5.74) is 1.67. The maximum Gasteiger partial charge on any atom is 0.255 e. The minimum atomic E-state index is -2.56. The van der Waals surface area contributed by atoms with Crippen LogP contribution in [0.5, 0.6) is 5.75 Å². The number of hydrogen-bond acceptors (Lipinski definition) is 2. The highest BCUT2D eigenvalue weighted by Gasteiger charge is 2.57. The van der Waals surface area contributed by atoms with E-state index < -0.39 is 11.8 Å². The fourth-order valence-corrected chi connectivity index (χ4v) is 3.05. The zero-order valence-electron chi connectivity index (χ0n) is 10.2. The maximum atomic E-state index is 12.8. The van der Waals surface area contributed by atoms with Crippen molar-refractivity contribution in [1.82, 2.24) is 0 Å². The highest BCUT2D eigenvalue weighted by molar-refractivity contribution is 14.1. The molecule has 1 aromatic rings. The number of alkyl halides is 2. The summed E-state index contributed by atoms with van der Waals surface area (Å²) in [6.45, 7) is 0.0232.